The summed E-state index contributed by atoms with van der Waals surface area (Å²) in [4.78, 5) is 36.2. The van der Waals surface area contributed by atoms with Crippen molar-refractivity contribution in [3.8, 4) is 5.75 Å². The molecule has 2 aromatic rings. The van der Waals surface area contributed by atoms with Crippen LogP contribution in [0.2, 0.25) is 0 Å². The molecule has 0 aromatic heterocycles. The van der Waals surface area contributed by atoms with Gasteiger partial charge in [-0.15, -0.1) is 0 Å². The van der Waals surface area contributed by atoms with E-state index in [0.717, 1.165) is 24.8 Å². The summed E-state index contributed by atoms with van der Waals surface area (Å²) >= 11 is 0. The second-order valence-electron chi connectivity index (χ2n) is 7.37. The first-order valence-corrected chi connectivity index (χ1v) is 10.3. The number of fused-ring (bicyclic) bond motifs is 1. The lowest BCUT2D eigenvalue weighted by Gasteiger charge is -2.27. The Hall–Kier alpha value is -3.15. The zero-order valence-electron chi connectivity index (χ0n) is 17.4. The highest BCUT2D eigenvalue weighted by Crippen LogP contribution is 2.29. The van der Waals surface area contributed by atoms with Crippen molar-refractivity contribution >= 4 is 17.7 Å². The molecule has 0 aliphatic heterocycles. The van der Waals surface area contributed by atoms with E-state index in [-0.39, 0.29) is 24.3 Å². The number of hydrogen-bond donors (Lipinski definition) is 1. The number of benzene rings is 2. The number of carbonyl (C=O) groups excluding carboxylic acids is 3. The fraction of sp³-hybridized carbons (Fsp3) is 0.375. The highest BCUT2D eigenvalue weighted by Gasteiger charge is 2.25. The number of aryl methyl sites for hydroxylation is 1. The first-order valence-electron chi connectivity index (χ1n) is 10.3. The Morgan fingerprint density at radius 1 is 1.10 bits per heavy atom. The van der Waals surface area contributed by atoms with Gasteiger partial charge in [-0.25, -0.2) is 4.79 Å². The molecule has 1 amide bonds. The van der Waals surface area contributed by atoms with E-state index in [4.69, 9.17) is 9.47 Å². The van der Waals surface area contributed by atoms with Gasteiger partial charge < -0.3 is 14.8 Å². The van der Waals surface area contributed by atoms with E-state index < -0.39 is 12.1 Å². The second-order valence-corrected chi connectivity index (χ2v) is 7.37. The SMILES string of the molecule is CCC(=O)c1ccc(OCC(=O)O[C@@H](C)C(=O)N[C@H]2CCCc3ccccc32)cc1. The third-order valence-corrected chi connectivity index (χ3v) is 5.22. The third-order valence-electron chi connectivity index (χ3n) is 5.22. The van der Waals surface area contributed by atoms with Gasteiger partial charge >= 0.3 is 5.97 Å². The van der Waals surface area contributed by atoms with Gasteiger partial charge in [0.25, 0.3) is 5.91 Å². The number of rotatable bonds is 8. The Morgan fingerprint density at radius 2 is 1.83 bits per heavy atom. The predicted octanol–water partition coefficient (Wildman–Crippen LogP) is 3.78. The summed E-state index contributed by atoms with van der Waals surface area (Å²) in [7, 11) is 0. The molecule has 2 atom stereocenters. The van der Waals surface area contributed by atoms with E-state index in [1.54, 1.807) is 38.1 Å². The topological polar surface area (TPSA) is 81.7 Å². The molecule has 2 aromatic carbocycles. The predicted molar refractivity (Wildman–Crippen MR) is 112 cm³/mol. The Labute approximate surface area is 176 Å². The maximum atomic E-state index is 12.5. The fourth-order valence-electron chi connectivity index (χ4n) is 3.56. The molecule has 0 heterocycles. The smallest absolute Gasteiger partial charge is 0.344 e. The number of esters is 1. The molecule has 1 aliphatic rings. The molecule has 0 radical (unpaired) electrons. The minimum absolute atomic E-state index is 0.0430. The maximum absolute atomic E-state index is 12.5. The van der Waals surface area contributed by atoms with Crippen LogP contribution in [0.25, 0.3) is 0 Å². The van der Waals surface area contributed by atoms with Gasteiger partial charge in [0.1, 0.15) is 5.75 Å². The Balaban J connectivity index is 1.47. The number of hydrogen-bond acceptors (Lipinski definition) is 5. The van der Waals surface area contributed by atoms with Crippen molar-refractivity contribution in [2.75, 3.05) is 6.61 Å². The average Bonchev–Trinajstić information content (AvgIpc) is 2.77. The van der Waals surface area contributed by atoms with Crippen molar-refractivity contribution in [2.45, 2.75) is 51.7 Å². The normalized spacial score (nSPS) is 16.1. The van der Waals surface area contributed by atoms with Crippen molar-refractivity contribution in [2.24, 2.45) is 0 Å². The summed E-state index contributed by atoms with van der Waals surface area (Å²) in [6.07, 6.45) is 2.40. The fourth-order valence-corrected chi connectivity index (χ4v) is 3.56. The number of nitrogens with one attached hydrogen (secondary N) is 1. The summed E-state index contributed by atoms with van der Waals surface area (Å²) < 4.78 is 10.6. The van der Waals surface area contributed by atoms with Gasteiger partial charge in [-0.3, -0.25) is 9.59 Å². The van der Waals surface area contributed by atoms with Gasteiger partial charge in [0.15, 0.2) is 18.5 Å². The van der Waals surface area contributed by atoms with E-state index in [1.165, 1.54) is 5.56 Å². The molecular formula is C24H27NO5. The van der Waals surface area contributed by atoms with Crippen LogP contribution in [0.4, 0.5) is 0 Å². The van der Waals surface area contributed by atoms with Crippen molar-refractivity contribution < 1.29 is 23.9 Å². The van der Waals surface area contributed by atoms with E-state index in [9.17, 15) is 14.4 Å². The van der Waals surface area contributed by atoms with Crippen LogP contribution in [0.3, 0.4) is 0 Å². The van der Waals surface area contributed by atoms with Gasteiger partial charge in [-0.05, 0) is 61.6 Å². The molecular weight excluding hydrogens is 382 g/mol. The molecule has 0 saturated heterocycles. The highest BCUT2D eigenvalue weighted by molar-refractivity contribution is 5.95. The van der Waals surface area contributed by atoms with E-state index in [0.29, 0.717) is 17.7 Å². The van der Waals surface area contributed by atoms with Crippen LogP contribution in [0, 0.1) is 0 Å². The summed E-state index contributed by atoms with van der Waals surface area (Å²) in [6.45, 7) is 3.03. The van der Waals surface area contributed by atoms with E-state index in [1.807, 2.05) is 18.2 Å². The van der Waals surface area contributed by atoms with Gasteiger partial charge in [0.2, 0.25) is 0 Å². The number of ketones is 1. The van der Waals surface area contributed by atoms with Gasteiger partial charge in [0.05, 0.1) is 6.04 Å². The lowest BCUT2D eigenvalue weighted by atomic mass is 9.87. The number of carbonyl (C=O) groups is 3. The summed E-state index contributed by atoms with van der Waals surface area (Å²) in [5, 5.41) is 2.99. The van der Waals surface area contributed by atoms with Crippen LogP contribution in [0.15, 0.2) is 48.5 Å². The number of ether oxygens (including phenoxy) is 2. The van der Waals surface area contributed by atoms with Crippen LogP contribution >= 0.6 is 0 Å². The molecule has 30 heavy (non-hydrogen) atoms. The van der Waals surface area contributed by atoms with Crippen LogP contribution in [0.5, 0.6) is 5.75 Å². The maximum Gasteiger partial charge on any atom is 0.344 e. The van der Waals surface area contributed by atoms with Gasteiger partial charge in [-0.1, -0.05) is 31.2 Å². The highest BCUT2D eigenvalue weighted by atomic mass is 16.6. The van der Waals surface area contributed by atoms with Crippen LogP contribution in [-0.2, 0) is 20.7 Å². The van der Waals surface area contributed by atoms with Crippen LogP contribution in [-0.4, -0.2) is 30.4 Å². The van der Waals surface area contributed by atoms with Crippen molar-refractivity contribution in [3.05, 3.63) is 65.2 Å². The Morgan fingerprint density at radius 3 is 2.57 bits per heavy atom. The van der Waals surface area contributed by atoms with Gasteiger partial charge in [-0.2, -0.15) is 0 Å². The largest absolute Gasteiger partial charge is 0.482 e. The number of Topliss-reactive ketones (excluding diaryl/α,β-unsaturated/α-hetero) is 1. The molecule has 1 aliphatic carbocycles. The average molecular weight is 409 g/mol. The lowest BCUT2D eigenvalue weighted by Crippen LogP contribution is -2.39. The quantitative estimate of drug-likeness (QED) is 0.530. The second kappa shape index (κ2) is 10.1. The molecule has 0 bridgehead atoms. The molecule has 0 saturated carbocycles. The third kappa shape index (κ3) is 5.47. The summed E-state index contributed by atoms with van der Waals surface area (Å²) in [5.41, 5.74) is 2.98. The molecule has 6 nitrogen and oxygen atoms in total. The minimum atomic E-state index is -0.917. The molecule has 0 unspecified atom stereocenters. The first-order chi connectivity index (χ1) is 14.5. The van der Waals surface area contributed by atoms with E-state index >= 15 is 0 Å². The first kappa shape index (κ1) is 21.6. The standard InChI is InChI=1S/C24H27NO5/c1-3-22(26)18-11-13-19(14-12-18)29-15-23(27)30-16(2)24(28)25-21-10-6-8-17-7-4-5-9-20(17)21/h4-5,7,9,11-14,16,21H,3,6,8,10,15H2,1-2H3,(H,25,28)/t16-,21-/m0/s1. The van der Waals surface area contributed by atoms with E-state index in [2.05, 4.69) is 11.4 Å². The molecule has 1 N–H and O–H groups in total. The van der Waals surface area contributed by atoms with Gasteiger partial charge in [0, 0.05) is 12.0 Å². The Bertz CT molecular complexity index is 906. The summed E-state index contributed by atoms with van der Waals surface area (Å²) in [6, 6.07) is 14.6. The molecule has 158 valence electrons. The molecule has 6 heteroatoms. The number of amides is 1. The van der Waals surface area contributed by atoms with Crippen molar-refractivity contribution in [1.82, 2.24) is 5.32 Å². The zero-order valence-corrected chi connectivity index (χ0v) is 17.4. The molecule has 3 rings (SSSR count). The monoisotopic (exact) mass is 409 g/mol. The van der Waals surface area contributed by atoms with Crippen LogP contribution < -0.4 is 10.1 Å². The van der Waals surface area contributed by atoms with Crippen molar-refractivity contribution in [3.63, 3.8) is 0 Å². The summed E-state index contributed by atoms with van der Waals surface area (Å²) in [5.74, 6) is -0.459. The van der Waals surface area contributed by atoms with Crippen molar-refractivity contribution in [1.29, 1.82) is 0 Å². The molecule has 0 fully saturated rings. The Kier molecular flexibility index (Phi) is 7.22. The van der Waals surface area contributed by atoms with Crippen LogP contribution in [0.1, 0.15) is 60.6 Å². The molecule has 0 spiro atoms. The zero-order chi connectivity index (χ0) is 21.5. The lowest BCUT2D eigenvalue weighted by molar-refractivity contribution is -0.156. The minimum Gasteiger partial charge on any atom is -0.482 e.